The van der Waals surface area contributed by atoms with E-state index in [2.05, 4.69) is 10.6 Å². The normalized spacial score (nSPS) is 20.9. The molecule has 5 nitrogen and oxygen atoms in total. The molecule has 1 saturated heterocycles. The Morgan fingerprint density at radius 3 is 2.58 bits per heavy atom. The van der Waals surface area contributed by atoms with E-state index in [1.54, 1.807) is 0 Å². The monoisotopic (exact) mass is 288 g/mol. The van der Waals surface area contributed by atoms with Gasteiger partial charge in [0.2, 0.25) is 0 Å². The van der Waals surface area contributed by atoms with E-state index in [-0.39, 0.29) is 23.9 Å². The number of rotatable bonds is 5. The van der Waals surface area contributed by atoms with E-state index in [9.17, 15) is 9.59 Å². The first kappa shape index (κ1) is 16.1. The molecule has 19 heavy (non-hydrogen) atoms. The fourth-order valence-corrected chi connectivity index (χ4v) is 3.22. The quantitative estimate of drug-likeness (QED) is 0.722. The minimum absolute atomic E-state index is 0.0593. The van der Waals surface area contributed by atoms with Crippen molar-refractivity contribution >= 4 is 23.8 Å². The van der Waals surface area contributed by atoms with Gasteiger partial charge >= 0.3 is 12.0 Å². The highest BCUT2D eigenvalue weighted by Crippen LogP contribution is 2.23. The largest absolute Gasteiger partial charge is 0.481 e. The number of hydrogen-bond acceptors (Lipinski definition) is 3. The van der Waals surface area contributed by atoms with Crippen molar-refractivity contribution < 1.29 is 14.7 Å². The SMILES string of the molecule is CC(C)(C)C(CC(=O)O)NC(=O)NCC1CCSC1. The van der Waals surface area contributed by atoms with Crippen LogP contribution in [0.1, 0.15) is 33.6 Å². The number of carbonyl (C=O) groups excluding carboxylic acids is 1. The highest BCUT2D eigenvalue weighted by Gasteiger charge is 2.28. The van der Waals surface area contributed by atoms with E-state index in [0.29, 0.717) is 12.5 Å². The van der Waals surface area contributed by atoms with Gasteiger partial charge in [0.25, 0.3) is 0 Å². The van der Waals surface area contributed by atoms with Crippen LogP contribution in [-0.2, 0) is 4.79 Å². The van der Waals surface area contributed by atoms with E-state index in [1.165, 1.54) is 0 Å². The Hall–Kier alpha value is -0.910. The summed E-state index contributed by atoms with van der Waals surface area (Å²) in [5, 5.41) is 14.5. The molecule has 0 bridgehead atoms. The lowest BCUT2D eigenvalue weighted by Gasteiger charge is -2.30. The van der Waals surface area contributed by atoms with Crippen molar-refractivity contribution in [2.75, 3.05) is 18.1 Å². The molecule has 0 aromatic carbocycles. The molecule has 1 aliphatic heterocycles. The average molecular weight is 288 g/mol. The Bertz CT molecular complexity index is 322. The number of carbonyl (C=O) groups is 2. The van der Waals surface area contributed by atoms with Crippen LogP contribution >= 0.6 is 11.8 Å². The molecule has 2 unspecified atom stereocenters. The number of carboxylic acid groups (broad SMARTS) is 1. The van der Waals surface area contributed by atoms with Crippen molar-refractivity contribution in [2.24, 2.45) is 11.3 Å². The molecule has 1 heterocycles. The van der Waals surface area contributed by atoms with Crippen LogP contribution in [0.4, 0.5) is 4.79 Å². The second kappa shape index (κ2) is 7.03. The predicted octanol–water partition coefficient (Wildman–Crippen LogP) is 1.93. The summed E-state index contributed by atoms with van der Waals surface area (Å²) in [6, 6.07) is -0.638. The predicted molar refractivity (Wildman–Crippen MR) is 77.5 cm³/mol. The van der Waals surface area contributed by atoms with Gasteiger partial charge in [0.1, 0.15) is 0 Å². The number of hydrogen-bond donors (Lipinski definition) is 3. The highest BCUT2D eigenvalue weighted by atomic mass is 32.2. The molecule has 0 spiro atoms. The zero-order valence-corrected chi connectivity index (χ0v) is 12.7. The minimum Gasteiger partial charge on any atom is -0.481 e. The molecule has 0 aromatic heterocycles. The van der Waals surface area contributed by atoms with Gasteiger partial charge in [0, 0.05) is 12.6 Å². The molecule has 1 aliphatic rings. The lowest BCUT2D eigenvalue weighted by atomic mass is 9.85. The van der Waals surface area contributed by atoms with Crippen LogP contribution in [0.2, 0.25) is 0 Å². The molecule has 2 atom stereocenters. The summed E-state index contributed by atoms with van der Waals surface area (Å²) >= 11 is 1.91. The molecule has 6 heteroatoms. The zero-order chi connectivity index (χ0) is 14.5. The molecule has 0 aliphatic carbocycles. The average Bonchev–Trinajstić information content (AvgIpc) is 2.76. The number of amides is 2. The maximum absolute atomic E-state index is 11.8. The molecular weight excluding hydrogens is 264 g/mol. The summed E-state index contributed by atoms with van der Waals surface area (Å²) in [5.74, 6) is 1.91. The molecule has 2 amide bonds. The Morgan fingerprint density at radius 2 is 2.11 bits per heavy atom. The summed E-state index contributed by atoms with van der Waals surface area (Å²) in [6.07, 6.45) is 1.08. The molecule has 1 fully saturated rings. The van der Waals surface area contributed by atoms with E-state index < -0.39 is 5.97 Å². The Morgan fingerprint density at radius 1 is 1.42 bits per heavy atom. The van der Waals surface area contributed by atoms with Crippen LogP contribution in [0.15, 0.2) is 0 Å². The lowest BCUT2D eigenvalue weighted by molar-refractivity contribution is -0.138. The molecule has 0 aromatic rings. The van der Waals surface area contributed by atoms with Gasteiger partial charge in [-0.05, 0) is 29.3 Å². The van der Waals surface area contributed by atoms with Crippen molar-refractivity contribution in [1.82, 2.24) is 10.6 Å². The fourth-order valence-electron chi connectivity index (χ4n) is 1.94. The van der Waals surface area contributed by atoms with E-state index in [4.69, 9.17) is 5.11 Å². The van der Waals surface area contributed by atoms with Crippen molar-refractivity contribution in [3.8, 4) is 0 Å². The summed E-state index contributed by atoms with van der Waals surface area (Å²) in [6.45, 7) is 6.44. The first-order valence-corrected chi connectivity index (χ1v) is 7.78. The molecule has 0 radical (unpaired) electrons. The van der Waals surface area contributed by atoms with Gasteiger partial charge in [-0.25, -0.2) is 4.79 Å². The maximum Gasteiger partial charge on any atom is 0.315 e. The fraction of sp³-hybridized carbons (Fsp3) is 0.846. The van der Waals surface area contributed by atoms with E-state index in [0.717, 1.165) is 17.9 Å². The standard InChI is InChI=1S/C13H24N2O3S/c1-13(2,3)10(6-11(16)17)15-12(18)14-7-9-4-5-19-8-9/h9-10H,4-8H2,1-3H3,(H,16,17)(H2,14,15,18). The first-order chi connectivity index (χ1) is 8.79. The Labute approximate surface area is 118 Å². The molecular formula is C13H24N2O3S. The Balaban J connectivity index is 2.39. The molecule has 3 N–H and O–H groups in total. The third kappa shape index (κ3) is 6.18. The van der Waals surface area contributed by atoms with Crippen molar-refractivity contribution in [2.45, 2.75) is 39.7 Å². The molecule has 1 rings (SSSR count). The Kier molecular flexibility index (Phi) is 5.97. The zero-order valence-electron chi connectivity index (χ0n) is 11.9. The van der Waals surface area contributed by atoms with Crippen molar-refractivity contribution in [1.29, 1.82) is 0 Å². The third-order valence-electron chi connectivity index (χ3n) is 3.30. The van der Waals surface area contributed by atoms with Crippen LogP contribution in [0.5, 0.6) is 0 Å². The van der Waals surface area contributed by atoms with E-state index in [1.807, 2.05) is 32.5 Å². The van der Waals surface area contributed by atoms with Gasteiger partial charge in [0.05, 0.1) is 6.42 Å². The maximum atomic E-state index is 11.8. The van der Waals surface area contributed by atoms with E-state index >= 15 is 0 Å². The van der Waals surface area contributed by atoms with Crippen molar-refractivity contribution in [3.05, 3.63) is 0 Å². The number of carboxylic acids is 1. The third-order valence-corrected chi connectivity index (χ3v) is 4.54. The van der Waals surface area contributed by atoms with Crippen molar-refractivity contribution in [3.63, 3.8) is 0 Å². The number of aliphatic carboxylic acids is 1. The lowest BCUT2D eigenvalue weighted by Crippen LogP contribution is -2.49. The van der Waals surface area contributed by atoms with Gasteiger partial charge in [-0.2, -0.15) is 11.8 Å². The van der Waals surface area contributed by atoms with Gasteiger partial charge in [0.15, 0.2) is 0 Å². The summed E-state index contributed by atoms with van der Waals surface area (Å²) in [5.41, 5.74) is -0.279. The summed E-state index contributed by atoms with van der Waals surface area (Å²) in [7, 11) is 0. The number of urea groups is 1. The minimum atomic E-state index is -0.896. The number of nitrogens with one attached hydrogen (secondary N) is 2. The van der Waals surface area contributed by atoms with Gasteiger partial charge < -0.3 is 15.7 Å². The van der Waals surface area contributed by atoms with Crippen LogP contribution in [-0.4, -0.2) is 41.2 Å². The highest BCUT2D eigenvalue weighted by molar-refractivity contribution is 7.99. The topological polar surface area (TPSA) is 78.4 Å². The molecule has 110 valence electrons. The van der Waals surface area contributed by atoms with Crippen LogP contribution in [0.25, 0.3) is 0 Å². The summed E-state index contributed by atoms with van der Waals surface area (Å²) in [4.78, 5) is 22.6. The van der Waals surface area contributed by atoms with Gasteiger partial charge in [-0.15, -0.1) is 0 Å². The van der Waals surface area contributed by atoms with Crippen LogP contribution < -0.4 is 10.6 Å². The second-order valence-corrected chi connectivity index (χ2v) is 7.25. The molecule has 0 saturated carbocycles. The van der Waals surface area contributed by atoms with Crippen LogP contribution in [0, 0.1) is 11.3 Å². The van der Waals surface area contributed by atoms with Crippen LogP contribution in [0.3, 0.4) is 0 Å². The smallest absolute Gasteiger partial charge is 0.315 e. The second-order valence-electron chi connectivity index (χ2n) is 6.10. The number of thioether (sulfide) groups is 1. The van der Waals surface area contributed by atoms with Gasteiger partial charge in [-0.3, -0.25) is 4.79 Å². The first-order valence-electron chi connectivity index (χ1n) is 6.63. The summed E-state index contributed by atoms with van der Waals surface area (Å²) < 4.78 is 0. The van der Waals surface area contributed by atoms with Gasteiger partial charge in [-0.1, -0.05) is 20.8 Å².